The average molecular weight is 195 g/mol. The molecule has 0 aliphatic heterocycles. The highest BCUT2D eigenvalue weighted by molar-refractivity contribution is 5.23. The Balaban J connectivity index is 2.96. The van der Waals surface area contributed by atoms with Crippen LogP contribution in [0.3, 0.4) is 0 Å². The first-order valence-corrected chi connectivity index (χ1v) is 4.66. The van der Waals surface area contributed by atoms with Gasteiger partial charge in [-0.25, -0.2) is 0 Å². The Morgan fingerprint density at radius 2 is 2.14 bits per heavy atom. The molecular weight excluding hydrogens is 178 g/mol. The van der Waals surface area contributed by atoms with Crippen molar-refractivity contribution in [3.05, 3.63) is 23.0 Å². The van der Waals surface area contributed by atoms with Gasteiger partial charge in [0.05, 0.1) is 24.0 Å². The largest absolute Gasteiger partial charge is 0.383 e. The predicted molar refractivity (Wildman–Crippen MR) is 55.2 cm³/mol. The fraction of sp³-hybridized carbons (Fsp3) is 0.600. The smallest absolute Gasteiger partial charge is 0.0658 e. The lowest BCUT2D eigenvalue weighted by Crippen LogP contribution is -2.22. The van der Waals surface area contributed by atoms with E-state index in [0.717, 1.165) is 17.0 Å². The van der Waals surface area contributed by atoms with E-state index in [1.165, 1.54) is 0 Å². The topological polar surface area (TPSA) is 47.0 Å². The van der Waals surface area contributed by atoms with E-state index in [1.54, 1.807) is 7.11 Å². The molecule has 0 aliphatic carbocycles. The summed E-state index contributed by atoms with van der Waals surface area (Å²) in [7, 11) is 3.61. The zero-order valence-corrected chi connectivity index (χ0v) is 9.16. The molecule has 0 bridgehead atoms. The summed E-state index contributed by atoms with van der Waals surface area (Å²) in [5.74, 6) is 0. The van der Waals surface area contributed by atoms with E-state index in [1.807, 2.05) is 27.0 Å². The SMILES string of the molecule is CNC(COC)c1cc(C)nnc1C. The third-order valence-electron chi connectivity index (χ3n) is 2.20. The number of likely N-dealkylation sites (N-methyl/N-ethyl adjacent to an activating group) is 1. The summed E-state index contributed by atoms with van der Waals surface area (Å²) < 4.78 is 5.13. The summed E-state index contributed by atoms with van der Waals surface area (Å²) >= 11 is 0. The number of nitrogens with zero attached hydrogens (tertiary/aromatic N) is 2. The standard InChI is InChI=1S/C10H17N3O/c1-7-5-9(8(2)13-12-7)10(11-3)6-14-4/h5,10-11H,6H2,1-4H3. The number of aromatic nitrogens is 2. The minimum absolute atomic E-state index is 0.189. The number of hydrogen-bond acceptors (Lipinski definition) is 4. The lowest BCUT2D eigenvalue weighted by molar-refractivity contribution is 0.170. The summed E-state index contributed by atoms with van der Waals surface area (Å²) in [6, 6.07) is 2.23. The molecular formula is C10H17N3O. The summed E-state index contributed by atoms with van der Waals surface area (Å²) in [5.41, 5.74) is 3.04. The first-order valence-electron chi connectivity index (χ1n) is 4.66. The maximum absolute atomic E-state index is 5.13. The molecule has 0 amide bonds. The molecule has 0 saturated heterocycles. The second kappa shape index (κ2) is 5.02. The molecule has 78 valence electrons. The summed E-state index contributed by atoms with van der Waals surface area (Å²) in [6.07, 6.45) is 0. The summed E-state index contributed by atoms with van der Waals surface area (Å²) in [6.45, 7) is 4.54. The van der Waals surface area contributed by atoms with E-state index in [9.17, 15) is 0 Å². The van der Waals surface area contributed by atoms with E-state index >= 15 is 0 Å². The number of ether oxygens (including phenoxy) is 1. The maximum atomic E-state index is 5.13. The van der Waals surface area contributed by atoms with Crippen molar-refractivity contribution in [3.63, 3.8) is 0 Å². The Labute approximate surface area is 84.7 Å². The molecule has 0 spiro atoms. The number of aryl methyl sites for hydroxylation is 2. The van der Waals surface area contributed by atoms with E-state index in [0.29, 0.717) is 6.61 Å². The molecule has 0 aliphatic rings. The van der Waals surface area contributed by atoms with Crippen LogP contribution in [-0.4, -0.2) is 31.0 Å². The van der Waals surface area contributed by atoms with Gasteiger partial charge in [-0.3, -0.25) is 0 Å². The van der Waals surface area contributed by atoms with Gasteiger partial charge in [-0.15, -0.1) is 0 Å². The van der Waals surface area contributed by atoms with E-state index < -0.39 is 0 Å². The fourth-order valence-electron chi connectivity index (χ4n) is 1.42. The van der Waals surface area contributed by atoms with Crippen LogP contribution < -0.4 is 5.32 Å². The second-order valence-electron chi connectivity index (χ2n) is 3.32. The number of rotatable bonds is 4. The van der Waals surface area contributed by atoms with Crippen molar-refractivity contribution in [1.29, 1.82) is 0 Å². The molecule has 0 saturated carbocycles. The van der Waals surface area contributed by atoms with Crippen molar-refractivity contribution < 1.29 is 4.74 Å². The minimum Gasteiger partial charge on any atom is -0.383 e. The molecule has 1 rings (SSSR count). The van der Waals surface area contributed by atoms with Crippen LogP contribution in [0.4, 0.5) is 0 Å². The van der Waals surface area contributed by atoms with Crippen LogP contribution in [0.2, 0.25) is 0 Å². The molecule has 4 nitrogen and oxygen atoms in total. The molecule has 0 aromatic carbocycles. The van der Waals surface area contributed by atoms with Crippen LogP contribution in [0, 0.1) is 13.8 Å². The maximum Gasteiger partial charge on any atom is 0.0658 e. The van der Waals surface area contributed by atoms with Gasteiger partial charge in [0.15, 0.2) is 0 Å². The quantitative estimate of drug-likeness (QED) is 0.778. The molecule has 1 aromatic heterocycles. The highest BCUT2D eigenvalue weighted by Gasteiger charge is 2.12. The minimum atomic E-state index is 0.189. The van der Waals surface area contributed by atoms with Crippen LogP contribution in [-0.2, 0) is 4.74 Å². The van der Waals surface area contributed by atoms with Crippen molar-refractivity contribution in [2.24, 2.45) is 0 Å². The normalized spacial score (nSPS) is 12.9. The van der Waals surface area contributed by atoms with Crippen molar-refractivity contribution in [2.75, 3.05) is 20.8 Å². The zero-order valence-electron chi connectivity index (χ0n) is 9.16. The predicted octanol–water partition coefficient (Wildman–Crippen LogP) is 1.00. The van der Waals surface area contributed by atoms with Crippen molar-refractivity contribution in [1.82, 2.24) is 15.5 Å². The van der Waals surface area contributed by atoms with Crippen LogP contribution >= 0.6 is 0 Å². The third-order valence-corrected chi connectivity index (χ3v) is 2.20. The molecule has 1 atom stereocenters. The molecule has 1 aromatic rings. The van der Waals surface area contributed by atoms with E-state index in [-0.39, 0.29) is 6.04 Å². The lowest BCUT2D eigenvalue weighted by atomic mass is 10.1. The molecule has 4 heteroatoms. The first-order chi connectivity index (χ1) is 6.69. The fourth-order valence-corrected chi connectivity index (χ4v) is 1.42. The Morgan fingerprint density at radius 3 is 2.71 bits per heavy atom. The summed E-state index contributed by atoms with van der Waals surface area (Å²) in [5, 5.41) is 11.3. The van der Waals surface area contributed by atoms with Crippen molar-refractivity contribution in [2.45, 2.75) is 19.9 Å². The van der Waals surface area contributed by atoms with Crippen molar-refractivity contribution in [3.8, 4) is 0 Å². The molecule has 0 radical (unpaired) electrons. The number of hydrogen-bond donors (Lipinski definition) is 1. The number of nitrogens with one attached hydrogen (secondary N) is 1. The number of methoxy groups -OCH3 is 1. The van der Waals surface area contributed by atoms with Gasteiger partial charge in [0.2, 0.25) is 0 Å². The third kappa shape index (κ3) is 2.49. The van der Waals surface area contributed by atoms with Gasteiger partial charge < -0.3 is 10.1 Å². The molecule has 1 heterocycles. The lowest BCUT2D eigenvalue weighted by Gasteiger charge is -2.17. The average Bonchev–Trinajstić information content (AvgIpc) is 2.18. The van der Waals surface area contributed by atoms with Gasteiger partial charge >= 0.3 is 0 Å². The van der Waals surface area contributed by atoms with Crippen LogP contribution in [0.15, 0.2) is 6.07 Å². The monoisotopic (exact) mass is 195 g/mol. The molecule has 14 heavy (non-hydrogen) atoms. The van der Waals surface area contributed by atoms with Crippen molar-refractivity contribution >= 4 is 0 Å². The molecule has 0 fully saturated rings. The van der Waals surface area contributed by atoms with Crippen LogP contribution in [0.25, 0.3) is 0 Å². The highest BCUT2D eigenvalue weighted by Crippen LogP contribution is 2.15. The van der Waals surface area contributed by atoms with E-state index in [2.05, 4.69) is 15.5 Å². The van der Waals surface area contributed by atoms with Gasteiger partial charge in [-0.2, -0.15) is 10.2 Å². The second-order valence-corrected chi connectivity index (χ2v) is 3.32. The Morgan fingerprint density at radius 1 is 1.43 bits per heavy atom. The zero-order chi connectivity index (χ0) is 10.6. The Bertz CT molecular complexity index is 301. The first kappa shape index (κ1) is 11.1. The van der Waals surface area contributed by atoms with Gasteiger partial charge in [-0.1, -0.05) is 0 Å². The molecule has 1 unspecified atom stereocenters. The van der Waals surface area contributed by atoms with E-state index in [4.69, 9.17) is 4.74 Å². The highest BCUT2D eigenvalue weighted by atomic mass is 16.5. The Hall–Kier alpha value is -1.00. The van der Waals surface area contributed by atoms with Gasteiger partial charge in [0, 0.05) is 7.11 Å². The Kier molecular flexibility index (Phi) is 3.98. The summed E-state index contributed by atoms with van der Waals surface area (Å²) in [4.78, 5) is 0. The van der Waals surface area contributed by atoms with Gasteiger partial charge in [0.1, 0.15) is 0 Å². The van der Waals surface area contributed by atoms with Gasteiger partial charge in [0.25, 0.3) is 0 Å². The van der Waals surface area contributed by atoms with Crippen LogP contribution in [0.5, 0.6) is 0 Å². The molecule has 1 N–H and O–H groups in total. The van der Waals surface area contributed by atoms with Crippen LogP contribution in [0.1, 0.15) is 23.0 Å². The van der Waals surface area contributed by atoms with Gasteiger partial charge in [-0.05, 0) is 32.5 Å².